The summed E-state index contributed by atoms with van der Waals surface area (Å²) in [5, 5.41) is 20.6. The van der Waals surface area contributed by atoms with Crippen molar-refractivity contribution in [1.82, 2.24) is 20.4 Å². The summed E-state index contributed by atoms with van der Waals surface area (Å²) in [5.74, 6) is -0.928. The number of carbonyl (C=O) groups is 1. The number of hydrogen-bond acceptors (Lipinski definition) is 5. The van der Waals surface area contributed by atoms with Gasteiger partial charge in [-0.2, -0.15) is 10.4 Å². The predicted molar refractivity (Wildman–Crippen MR) is 117 cm³/mol. The van der Waals surface area contributed by atoms with Crippen LogP contribution >= 0.6 is 0 Å². The Morgan fingerprint density at radius 3 is 2.69 bits per heavy atom. The number of nitrogens with zero attached hydrogens (tertiary/aromatic N) is 3. The first kappa shape index (κ1) is 20.3. The highest BCUT2D eigenvalue weighted by Crippen LogP contribution is 2.32. The smallest absolute Gasteiger partial charge is 0.272 e. The van der Waals surface area contributed by atoms with Crippen LogP contribution in [0.5, 0.6) is 0 Å². The first-order valence-electron chi connectivity index (χ1n) is 10.7. The summed E-state index contributed by atoms with van der Waals surface area (Å²) in [7, 11) is 0. The number of hydrogen-bond donors (Lipinski definition) is 2. The lowest BCUT2D eigenvalue weighted by Crippen LogP contribution is -2.66. The highest BCUT2D eigenvalue weighted by Gasteiger charge is 2.42. The van der Waals surface area contributed by atoms with Crippen molar-refractivity contribution in [2.24, 2.45) is 0 Å². The fourth-order valence-electron chi connectivity index (χ4n) is 4.46. The molecule has 2 heterocycles. The molecule has 2 fully saturated rings. The molecule has 2 aliphatic rings. The lowest BCUT2D eigenvalue weighted by Gasteiger charge is -2.46. The monoisotopic (exact) mass is 431 g/mol. The van der Waals surface area contributed by atoms with E-state index in [1.807, 2.05) is 12.1 Å². The minimum absolute atomic E-state index is 0.0216. The van der Waals surface area contributed by atoms with Gasteiger partial charge in [-0.25, -0.2) is 9.49 Å². The number of nitrogens with one attached hydrogen (secondary N) is 2. The Morgan fingerprint density at radius 1 is 1.25 bits per heavy atom. The number of fused-ring (bicyclic) bond motifs is 1. The van der Waals surface area contributed by atoms with Gasteiger partial charge in [0.2, 0.25) is 0 Å². The third-order valence-corrected chi connectivity index (χ3v) is 6.48. The molecule has 1 amide bonds. The predicted octanol–water partition coefficient (Wildman–Crippen LogP) is 2.51. The molecule has 32 heavy (non-hydrogen) atoms. The third kappa shape index (κ3) is 3.55. The average molecular weight is 431 g/mol. The Morgan fingerprint density at radius 2 is 2.00 bits per heavy atom. The SMILES string of the molecule is N#CC1(NC2CN(C(=O)c3cc(Cc4n[nH]c(=O)c5ccccc45)ccc3F)C2)CCC1. The molecular formula is C24H22FN5O2. The molecule has 8 heteroatoms. The van der Waals surface area contributed by atoms with Crippen molar-refractivity contribution in [3.63, 3.8) is 0 Å². The summed E-state index contributed by atoms with van der Waals surface area (Å²) in [4.78, 5) is 26.5. The fraction of sp³-hybridized carbons (Fsp3) is 0.333. The van der Waals surface area contributed by atoms with E-state index in [1.54, 1.807) is 29.2 Å². The number of aromatic nitrogens is 2. The van der Waals surface area contributed by atoms with Crippen LogP contribution in [0.4, 0.5) is 4.39 Å². The number of likely N-dealkylation sites (tertiary alicyclic amines) is 1. The first-order valence-corrected chi connectivity index (χ1v) is 10.7. The van der Waals surface area contributed by atoms with E-state index >= 15 is 0 Å². The molecule has 0 radical (unpaired) electrons. The summed E-state index contributed by atoms with van der Waals surface area (Å²) >= 11 is 0. The Kier molecular flexibility index (Phi) is 4.98. The lowest BCUT2D eigenvalue weighted by molar-refractivity contribution is 0.0492. The zero-order chi connectivity index (χ0) is 22.3. The normalized spacial score (nSPS) is 17.4. The van der Waals surface area contributed by atoms with Crippen LogP contribution in [-0.2, 0) is 6.42 Å². The molecule has 2 aromatic carbocycles. The van der Waals surface area contributed by atoms with Crippen molar-refractivity contribution in [1.29, 1.82) is 5.26 Å². The molecule has 0 atom stereocenters. The maximum atomic E-state index is 14.5. The maximum Gasteiger partial charge on any atom is 0.272 e. The Bertz CT molecular complexity index is 1300. The second-order valence-corrected chi connectivity index (χ2v) is 8.63. The topological polar surface area (TPSA) is 102 Å². The highest BCUT2D eigenvalue weighted by atomic mass is 19.1. The number of H-pyrrole nitrogens is 1. The summed E-state index contributed by atoms with van der Waals surface area (Å²) in [5.41, 5.74) is 0.680. The molecular weight excluding hydrogens is 409 g/mol. The molecule has 1 aliphatic heterocycles. The summed E-state index contributed by atoms with van der Waals surface area (Å²) < 4.78 is 14.5. The van der Waals surface area contributed by atoms with E-state index in [0.29, 0.717) is 30.6 Å². The number of rotatable bonds is 5. The van der Waals surface area contributed by atoms with Crippen molar-refractivity contribution in [3.05, 3.63) is 75.5 Å². The fourth-order valence-corrected chi connectivity index (χ4v) is 4.46. The van der Waals surface area contributed by atoms with Gasteiger partial charge in [0, 0.05) is 30.9 Å². The third-order valence-electron chi connectivity index (χ3n) is 6.48. The van der Waals surface area contributed by atoms with E-state index < -0.39 is 11.4 Å². The van der Waals surface area contributed by atoms with Gasteiger partial charge in [0.05, 0.1) is 22.7 Å². The van der Waals surface area contributed by atoms with E-state index in [0.717, 1.165) is 30.2 Å². The Hall–Kier alpha value is -3.57. The van der Waals surface area contributed by atoms with E-state index in [2.05, 4.69) is 21.6 Å². The quantitative estimate of drug-likeness (QED) is 0.646. The summed E-state index contributed by atoms with van der Waals surface area (Å²) in [6.07, 6.45) is 3.05. The van der Waals surface area contributed by atoms with Crippen molar-refractivity contribution < 1.29 is 9.18 Å². The summed E-state index contributed by atoms with van der Waals surface area (Å²) in [6, 6.07) is 14.1. The van der Waals surface area contributed by atoms with Crippen molar-refractivity contribution in [2.45, 2.75) is 37.3 Å². The minimum Gasteiger partial charge on any atom is -0.335 e. The van der Waals surface area contributed by atoms with E-state index in [1.165, 1.54) is 6.07 Å². The molecule has 7 nitrogen and oxygen atoms in total. The standard InChI is InChI=1S/C24H22FN5O2/c25-20-7-6-15(11-21-17-4-1-2-5-18(17)22(31)29-28-21)10-19(20)23(32)30-12-16(13-30)27-24(14-26)8-3-9-24/h1-2,4-7,10,16,27H,3,8-9,11-13H2,(H,29,31). The molecule has 1 aromatic heterocycles. The second-order valence-electron chi connectivity index (χ2n) is 8.63. The maximum absolute atomic E-state index is 14.5. The van der Waals surface area contributed by atoms with E-state index in [9.17, 15) is 19.2 Å². The molecule has 2 N–H and O–H groups in total. The molecule has 1 saturated carbocycles. The molecule has 1 saturated heterocycles. The Labute approximate surface area is 183 Å². The van der Waals surface area contributed by atoms with Gasteiger partial charge >= 0.3 is 0 Å². The van der Waals surface area contributed by atoms with Crippen molar-refractivity contribution >= 4 is 16.7 Å². The number of amides is 1. The van der Waals surface area contributed by atoms with Gasteiger partial charge in [-0.3, -0.25) is 14.9 Å². The number of nitriles is 1. The molecule has 0 unspecified atom stereocenters. The van der Waals surface area contributed by atoms with Gasteiger partial charge in [0.25, 0.3) is 11.5 Å². The molecule has 1 aliphatic carbocycles. The molecule has 3 aromatic rings. The van der Waals surface area contributed by atoms with Gasteiger partial charge in [0.15, 0.2) is 0 Å². The van der Waals surface area contributed by atoms with E-state index in [-0.39, 0.29) is 23.1 Å². The van der Waals surface area contributed by atoms with Crippen LogP contribution in [0.15, 0.2) is 47.3 Å². The zero-order valence-electron chi connectivity index (χ0n) is 17.4. The van der Waals surface area contributed by atoms with Gasteiger partial charge in [0.1, 0.15) is 11.4 Å². The molecule has 5 rings (SSSR count). The van der Waals surface area contributed by atoms with Crippen LogP contribution in [0.3, 0.4) is 0 Å². The molecule has 0 spiro atoms. The van der Waals surface area contributed by atoms with Crippen molar-refractivity contribution in [2.75, 3.05) is 13.1 Å². The second kappa shape index (κ2) is 7.84. The van der Waals surface area contributed by atoms with Crippen LogP contribution < -0.4 is 10.9 Å². The highest BCUT2D eigenvalue weighted by molar-refractivity contribution is 5.95. The van der Waals surface area contributed by atoms with Crippen LogP contribution in [0.2, 0.25) is 0 Å². The van der Waals surface area contributed by atoms with Gasteiger partial charge < -0.3 is 4.90 Å². The van der Waals surface area contributed by atoms with Crippen LogP contribution in [0.25, 0.3) is 10.8 Å². The number of halogens is 1. The number of carbonyl (C=O) groups excluding carboxylic acids is 1. The van der Waals surface area contributed by atoms with Crippen LogP contribution in [-0.4, -0.2) is 45.7 Å². The number of aromatic amines is 1. The van der Waals surface area contributed by atoms with Gasteiger partial charge in [-0.15, -0.1) is 0 Å². The minimum atomic E-state index is -0.568. The van der Waals surface area contributed by atoms with E-state index in [4.69, 9.17) is 0 Å². The zero-order valence-corrected chi connectivity index (χ0v) is 17.4. The first-order chi connectivity index (χ1) is 15.5. The average Bonchev–Trinajstić information content (AvgIpc) is 2.75. The van der Waals surface area contributed by atoms with Gasteiger partial charge in [-0.1, -0.05) is 24.3 Å². The van der Waals surface area contributed by atoms with Gasteiger partial charge in [-0.05, 0) is 43.0 Å². The van der Waals surface area contributed by atoms with Crippen molar-refractivity contribution in [3.8, 4) is 6.07 Å². The molecule has 0 bridgehead atoms. The Balaban J connectivity index is 1.32. The molecule has 162 valence electrons. The van der Waals surface area contributed by atoms with Crippen LogP contribution in [0.1, 0.15) is 40.9 Å². The van der Waals surface area contributed by atoms with Crippen LogP contribution in [0, 0.1) is 17.1 Å². The largest absolute Gasteiger partial charge is 0.335 e. The number of benzene rings is 2. The summed E-state index contributed by atoms with van der Waals surface area (Å²) in [6.45, 7) is 0.913. The lowest BCUT2D eigenvalue weighted by atomic mass is 9.77.